The van der Waals surface area contributed by atoms with Crippen LogP contribution in [0.3, 0.4) is 0 Å². The van der Waals surface area contributed by atoms with Crippen molar-refractivity contribution in [3.8, 4) is 11.6 Å². The van der Waals surface area contributed by atoms with E-state index in [4.69, 9.17) is 14.9 Å². The van der Waals surface area contributed by atoms with Gasteiger partial charge in [0.05, 0.1) is 55.8 Å². The van der Waals surface area contributed by atoms with Gasteiger partial charge in [0.25, 0.3) is 0 Å². The number of anilines is 4. The minimum Gasteiger partial charge on any atom is -0.439 e. The van der Waals surface area contributed by atoms with E-state index in [9.17, 15) is 4.39 Å². The molecule has 14 nitrogen and oxygen atoms in total. The summed E-state index contributed by atoms with van der Waals surface area (Å²) in [5, 5.41) is 32.2. The fraction of sp³-hybridized carbons (Fsp3) is 0.310. The number of ether oxygens (including phenoxy) is 1. The fourth-order valence-electron chi connectivity index (χ4n) is 3.87. The molecule has 4 heterocycles. The highest BCUT2D eigenvalue weighted by Gasteiger charge is 2.06. The van der Waals surface area contributed by atoms with Crippen molar-refractivity contribution in [3.63, 3.8) is 0 Å². The number of rotatable bonds is 14. The Morgan fingerprint density at radius 2 is 1.43 bits per heavy atom. The van der Waals surface area contributed by atoms with Crippen LogP contribution in [0.4, 0.5) is 27.7 Å². The molecule has 44 heavy (non-hydrogen) atoms. The number of nitrogens with zero attached hydrogens (tertiary/aromatic N) is 9. The Kier molecular flexibility index (Phi) is 12.0. The lowest BCUT2D eigenvalue weighted by atomic mass is 10.3. The molecule has 0 amide bonds. The van der Waals surface area contributed by atoms with E-state index in [1.807, 2.05) is 10.9 Å². The van der Waals surface area contributed by atoms with Gasteiger partial charge in [-0.25, -0.2) is 19.3 Å². The summed E-state index contributed by atoms with van der Waals surface area (Å²) in [6.45, 7) is 8.48. The van der Waals surface area contributed by atoms with Crippen LogP contribution in [0.15, 0.2) is 73.6 Å². The lowest BCUT2D eigenvalue weighted by Gasteiger charge is -2.17. The third kappa shape index (κ3) is 10.1. The number of hydrogen-bond donors (Lipinski definition) is 4. The van der Waals surface area contributed by atoms with Crippen molar-refractivity contribution >= 4 is 23.3 Å². The van der Waals surface area contributed by atoms with Crippen molar-refractivity contribution in [1.82, 2.24) is 44.4 Å². The van der Waals surface area contributed by atoms with Crippen molar-refractivity contribution in [2.45, 2.75) is 33.5 Å². The molecule has 0 radical (unpaired) electrons. The van der Waals surface area contributed by atoms with Crippen molar-refractivity contribution in [2.75, 3.05) is 36.9 Å². The topological polar surface area (TPSA) is 164 Å². The zero-order valence-corrected chi connectivity index (χ0v) is 24.6. The Hall–Kier alpha value is -4.99. The predicted octanol–water partition coefficient (Wildman–Crippen LogP) is 3.59. The van der Waals surface area contributed by atoms with Crippen molar-refractivity contribution in [1.29, 1.82) is 0 Å². The SMILES string of the molecule is CCN(CC)CCn1cc(Nc2nccc(Oc3ccc(F)cc3)n2)cn1.OCCn1cc(Nc2nccc(CO)n2)cn1. The molecule has 5 aromatic rings. The van der Waals surface area contributed by atoms with Gasteiger partial charge in [-0.2, -0.15) is 15.2 Å². The second-order valence-corrected chi connectivity index (χ2v) is 9.29. The molecule has 15 heteroatoms. The fourth-order valence-corrected chi connectivity index (χ4v) is 3.87. The highest BCUT2D eigenvalue weighted by Crippen LogP contribution is 2.21. The molecule has 0 unspecified atom stereocenters. The van der Waals surface area contributed by atoms with E-state index >= 15 is 0 Å². The van der Waals surface area contributed by atoms with Crippen LogP contribution >= 0.6 is 0 Å². The van der Waals surface area contributed by atoms with Gasteiger partial charge in [-0.3, -0.25) is 9.36 Å². The molecule has 0 aliphatic carbocycles. The second-order valence-electron chi connectivity index (χ2n) is 9.29. The standard InChI is InChI=1S/C19H23FN6O.C10H13N5O2/c1-3-25(4-2)11-12-26-14-16(13-22-26)23-19-21-10-9-18(24-19)27-17-7-5-15(20)6-8-17;16-4-3-15-6-9(5-12-15)14-10-11-2-1-8(7-17)13-10/h5-10,13-14H,3-4,11-12H2,1-2H3,(H,21,23,24);1-2,5-6,16-17H,3-4,7H2,(H,11,13,14). The molecule has 0 aliphatic heterocycles. The average Bonchev–Trinajstić information content (AvgIpc) is 3.68. The van der Waals surface area contributed by atoms with Crippen molar-refractivity contribution in [3.05, 3.63) is 85.1 Å². The molecule has 0 spiro atoms. The minimum atomic E-state index is -0.314. The first kappa shape index (κ1) is 31.9. The van der Waals surface area contributed by atoms with Crippen LogP contribution in [0.1, 0.15) is 19.5 Å². The number of benzene rings is 1. The summed E-state index contributed by atoms with van der Waals surface area (Å²) >= 11 is 0. The zero-order chi connectivity index (χ0) is 31.1. The Bertz CT molecular complexity index is 1560. The summed E-state index contributed by atoms with van der Waals surface area (Å²) < 4.78 is 22.1. The lowest BCUT2D eigenvalue weighted by Crippen LogP contribution is -2.27. The quantitative estimate of drug-likeness (QED) is 0.146. The first-order valence-electron chi connectivity index (χ1n) is 14.1. The Balaban J connectivity index is 0.000000223. The first-order chi connectivity index (χ1) is 21.5. The Morgan fingerprint density at radius 3 is 2.05 bits per heavy atom. The van der Waals surface area contributed by atoms with E-state index in [2.05, 4.69) is 59.5 Å². The van der Waals surface area contributed by atoms with Gasteiger partial charge in [-0.15, -0.1) is 0 Å². The van der Waals surface area contributed by atoms with Gasteiger partial charge in [-0.05, 0) is 43.4 Å². The van der Waals surface area contributed by atoms with Gasteiger partial charge < -0.3 is 30.5 Å². The molecule has 0 aliphatic rings. The predicted molar refractivity (Wildman–Crippen MR) is 162 cm³/mol. The third-order valence-corrected chi connectivity index (χ3v) is 6.19. The summed E-state index contributed by atoms with van der Waals surface area (Å²) in [5.41, 5.74) is 2.08. The summed E-state index contributed by atoms with van der Waals surface area (Å²) in [6, 6.07) is 9.04. The number of hydrogen-bond acceptors (Lipinski definition) is 12. The summed E-state index contributed by atoms with van der Waals surface area (Å²) in [4.78, 5) is 18.9. The molecule has 0 saturated carbocycles. The summed E-state index contributed by atoms with van der Waals surface area (Å²) in [5.74, 6) is 1.36. The number of aliphatic hydroxyl groups excluding tert-OH is 2. The van der Waals surface area contributed by atoms with Crippen LogP contribution in [0.25, 0.3) is 0 Å². The maximum Gasteiger partial charge on any atom is 0.230 e. The van der Waals surface area contributed by atoms with E-state index in [0.717, 1.165) is 37.6 Å². The summed E-state index contributed by atoms with van der Waals surface area (Å²) in [7, 11) is 0. The molecule has 232 valence electrons. The van der Waals surface area contributed by atoms with E-state index in [1.165, 1.54) is 12.1 Å². The molecule has 0 bridgehead atoms. The minimum absolute atomic E-state index is 0.0393. The number of likely N-dealkylation sites (N-methyl/N-ethyl adjacent to an activating group) is 1. The van der Waals surface area contributed by atoms with Crippen LogP contribution in [0.5, 0.6) is 11.6 Å². The molecular weight excluding hydrogens is 569 g/mol. The molecule has 5 rings (SSSR count). The van der Waals surface area contributed by atoms with E-state index in [1.54, 1.807) is 59.9 Å². The van der Waals surface area contributed by atoms with Gasteiger partial charge in [0.2, 0.25) is 17.8 Å². The Labute approximate surface area is 254 Å². The van der Waals surface area contributed by atoms with E-state index in [0.29, 0.717) is 35.8 Å². The highest BCUT2D eigenvalue weighted by molar-refractivity contribution is 5.51. The first-order valence-corrected chi connectivity index (χ1v) is 14.1. The van der Waals surface area contributed by atoms with Crippen LogP contribution < -0.4 is 15.4 Å². The maximum atomic E-state index is 13.0. The normalized spacial score (nSPS) is 10.8. The van der Waals surface area contributed by atoms with Crippen LogP contribution in [0.2, 0.25) is 0 Å². The van der Waals surface area contributed by atoms with Gasteiger partial charge in [0, 0.05) is 37.4 Å². The van der Waals surface area contributed by atoms with Gasteiger partial charge in [0.1, 0.15) is 11.6 Å². The van der Waals surface area contributed by atoms with Gasteiger partial charge in [-0.1, -0.05) is 13.8 Å². The molecule has 4 N–H and O–H groups in total. The number of nitrogens with one attached hydrogen (secondary N) is 2. The third-order valence-electron chi connectivity index (χ3n) is 6.19. The molecule has 4 aromatic heterocycles. The number of aromatic nitrogens is 8. The largest absolute Gasteiger partial charge is 0.439 e. The molecule has 0 atom stereocenters. The average molecular weight is 606 g/mol. The van der Waals surface area contributed by atoms with Crippen molar-refractivity contribution < 1.29 is 19.3 Å². The smallest absolute Gasteiger partial charge is 0.230 e. The molecule has 1 aromatic carbocycles. The van der Waals surface area contributed by atoms with Crippen LogP contribution in [0, 0.1) is 5.82 Å². The zero-order valence-electron chi connectivity index (χ0n) is 24.6. The van der Waals surface area contributed by atoms with Crippen LogP contribution in [-0.4, -0.2) is 80.9 Å². The number of aliphatic hydroxyl groups is 2. The lowest BCUT2D eigenvalue weighted by molar-refractivity contribution is 0.269. The summed E-state index contributed by atoms with van der Waals surface area (Å²) in [6.07, 6.45) is 10.2. The van der Waals surface area contributed by atoms with Crippen molar-refractivity contribution in [2.24, 2.45) is 0 Å². The Morgan fingerprint density at radius 1 is 0.818 bits per heavy atom. The van der Waals surface area contributed by atoms with Gasteiger partial charge >= 0.3 is 0 Å². The second kappa shape index (κ2) is 16.6. The molecular formula is C29H36FN11O3. The molecule has 0 fully saturated rings. The van der Waals surface area contributed by atoms with Crippen LogP contribution in [-0.2, 0) is 19.7 Å². The maximum absolute atomic E-state index is 13.0. The van der Waals surface area contributed by atoms with Gasteiger partial charge in [0.15, 0.2) is 0 Å². The van der Waals surface area contributed by atoms with E-state index in [-0.39, 0.29) is 19.0 Å². The van der Waals surface area contributed by atoms with E-state index < -0.39 is 0 Å². The highest BCUT2D eigenvalue weighted by atomic mass is 19.1. The number of halogens is 1. The monoisotopic (exact) mass is 605 g/mol. The molecule has 0 saturated heterocycles.